The van der Waals surface area contributed by atoms with Crippen molar-refractivity contribution < 1.29 is 9.59 Å². The Morgan fingerprint density at radius 3 is 2.63 bits per heavy atom. The van der Waals surface area contributed by atoms with Crippen LogP contribution in [0.3, 0.4) is 0 Å². The maximum Gasteiger partial charge on any atom is 0.227 e. The Morgan fingerprint density at radius 1 is 1.42 bits per heavy atom. The summed E-state index contributed by atoms with van der Waals surface area (Å²) in [5, 5.41) is 2.78. The lowest BCUT2D eigenvalue weighted by molar-refractivity contribution is -0.117. The molecule has 1 aliphatic rings. The van der Waals surface area contributed by atoms with Crippen LogP contribution in [0.15, 0.2) is 24.3 Å². The number of hydrogen-bond acceptors (Lipinski definition) is 2. The van der Waals surface area contributed by atoms with Crippen LogP contribution in [0.5, 0.6) is 0 Å². The number of carbonyl (C=O) groups excluding carboxylic acids is 2. The monoisotopic (exact) mass is 280 g/mol. The predicted octanol–water partition coefficient (Wildman–Crippen LogP) is 2.63. The number of nitrogens with one attached hydrogen (secondary N) is 1. The van der Waals surface area contributed by atoms with E-state index in [0.29, 0.717) is 25.3 Å². The Labute approximate surface area is 117 Å². The van der Waals surface area contributed by atoms with Gasteiger partial charge in [0, 0.05) is 36.6 Å². The van der Waals surface area contributed by atoms with E-state index in [1.165, 1.54) is 0 Å². The highest BCUT2D eigenvalue weighted by Crippen LogP contribution is 2.26. The van der Waals surface area contributed by atoms with E-state index in [2.05, 4.69) is 5.32 Å². The first-order valence-corrected chi connectivity index (χ1v) is 6.93. The normalized spacial score (nSPS) is 18.7. The molecule has 1 aromatic carbocycles. The van der Waals surface area contributed by atoms with E-state index in [1.54, 1.807) is 11.8 Å². The summed E-state index contributed by atoms with van der Waals surface area (Å²) in [6, 6.07) is 7.31. The van der Waals surface area contributed by atoms with Crippen LogP contribution in [0.2, 0.25) is 0 Å². The average molecular weight is 281 g/mol. The fourth-order valence-electron chi connectivity index (χ4n) is 2.11. The minimum Gasteiger partial charge on any atom is -0.326 e. The van der Waals surface area contributed by atoms with Crippen LogP contribution in [0.4, 0.5) is 11.4 Å². The van der Waals surface area contributed by atoms with Crippen molar-refractivity contribution in [2.45, 2.75) is 19.8 Å². The molecule has 19 heavy (non-hydrogen) atoms. The van der Waals surface area contributed by atoms with Gasteiger partial charge in [0.25, 0.3) is 0 Å². The molecule has 0 aromatic heterocycles. The first-order valence-electron chi connectivity index (χ1n) is 6.40. The van der Waals surface area contributed by atoms with Gasteiger partial charge in [-0.05, 0) is 30.2 Å². The summed E-state index contributed by atoms with van der Waals surface area (Å²) in [6.07, 6.45) is 0.960. The summed E-state index contributed by atoms with van der Waals surface area (Å²) >= 11 is 5.80. The summed E-state index contributed by atoms with van der Waals surface area (Å²) in [7, 11) is 0. The predicted molar refractivity (Wildman–Crippen MR) is 76.5 cm³/mol. The lowest BCUT2D eigenvalue weighted by atomic mass is 10.1. The Bertz CT molecular complexity index is 473. The topological polar surface area (TPSA) is 49.4 Å². The van der Waals surface area contributed by atoms with Crippen molar-refractivity contribution in [1.29, 1.82) is 0 Å². The molecule has 2 amide bonds. The molecule has 0 spiro atoms. The van der Waals surface area contributed by atoms with Gasteiger partial charge in [0.2, 0.25) is 11.8 Å². The Morgan fingerprint density at radius 2 is 2.11 bits per heavy atom. The van der Waals surface area contributed by atoms with Crippen LogP contribution in [0, 0.1) is 5.92 Å². The van der Waals surface area contributed by atoms with Crippen molar-refractivity contribution in [2.24, 2.45) is 5.92 Å². The van der Waals surface area contributed by atoms with Gasteiger partial charge in [-0.15, -0.1) is 11.6 Å². The van der Waals surface area contributed by atoms with Gasteiger partial charge in [0.1, 0.15) is 0 Å². The Kier molecular flexibility index (Phi) is 4.43. The number of benzene rings is 1. The van der Waals surface area contributed by atoms with Crippen molar-refractivity contribution in [3.05, 3.63) is 24.3 Å². The second kappa shape index (κ2) is 6.06. The second-order valence-corrected chi connectivity index (χ2v) is 4.99. The number of rotatable bonds is 4. The van der Waals surface area contributed by atoms with Gasteiger partial charge < -0.3 is 10.2 Å². The quantitative estimate of drug-likeness (QED) is 0.862. The smallest absolute Gasteiger partial charge is 0.227 e. The molecule has 0 bridgehead atoms. The molecule has 4 nitrogen and oxygen atoms in total. The molecule has 1 unspecified atom stereocenters. The molecular weight excluding hydrogens is 264 g/mol. The lowest BCUT2D eigenvalue weighted by Crippen LogP contribution is -2.24. The summed E-state index contributed by atoms with van der Waals surface area (Å²) in [6.45, 7) is 2.47. The molecule has 1 atom stereocenters. The summed E-state index contributed by atoms with van der Waals surface area (Å²) in [5.41, 5.74) is 1.60. The van der Waals surface area contributed by atoms with Crippen molar-refractivity contribution in [1.82, 2.24) is 0 Å². The van der Waals surface area contributed by atoms with Crippen LogP contribution in [-0.4, -0.2) is 24.2 Å². The standard InChI is InChI=1S/C14H17ClN2O2/c1-2-13(18)16-11-3-5-12(6-4-11)17-9-10(8-15)7-14(17)19/h3-6,10H,2,7-9H2,1H3,(H,16,18). The molecular formula is C14H17ClN2O2. The van der Waals surface area contributed by atoms with Crippen LogP contribution >= 0.6 is 11.6 Å². The zero-order chi connectivity index (χ0) is 13.8. The van der Waals surface area contributed by atoms with E-state index in [1.807, 2.05) is 24.3 Å². The first-order chi connectivity index (χ1) is 9.13. The summed E-state index contributed by atoms with van der Waals surface area (Å²) < 4.78 is 0. The van der Waals surface area contributed by atoms with E-state index < -0.39 is 0 Å². The van der Waals surface area contributed by atoms with Crippen molar-refractivity contribution in [3.63, 3.8) is 0 Å². The highest BCUT2D eigenvalue weighted by molar-refractivity contribution is 6.18. The minimum atomic E-state index is -0.0211. The zero-order valence-corrected chi connectivity index (χ0v) is 11.6. The molecule has 0 radical (unpaired) electrons. The SMILES string of the molecule is CCC(=O)Nc1ccc(N2CC(CCl)CC2=O)cc1. The van der Waals surface area contributed by atoms with E-state index in [9.17, 15) is 9.59 Å². The first kappa shape index (κ1) is 13.9. The number of halogens is 1. The van der Waals surface area contributed by atoms with Crippen molar-refractivity contribution >= 4 is 34.8 Å². The van der Waals surface area contributed by atoms with E-state index in [0.717, 1.165) is 11.4 Å². The Hall–Kier alpha value is -1.55. The van der Waals surface area contributed by atoms with E-state index >= 15 is 0 Å². The molecule has 1 fully saturated rings. The van der Waals surface area contributed by atoms with Crippen LogP contribution < -0.4 is 10.2 Å². The minimum absolute atomic E-state index is 0.0211. The molecule has 1 saturated heterocycles. The molecule has 2 rings (SSSR count). The maximum atomic E-state index is 11.9. The number of anilines is 2. The molecule has 5 heteroatoms. The van der Waals surface area contributed by atoms with Gasteiger partial charge in [-0.3, -0.25) is 9.59 Å². The third-order valence-corrected chi connectivity index (χ3v) is 3.64. The van der Waals surface area contributed by atoms with Gasteiger partial charge in [0.05, 0.1) is 0 Å². The third-order valence-electron chi connectivity index (χ3n) is 3.21. The second-order valence-electron chi connectivity index (χ2n) is 4.68. The van der Waals surface area contributed by atoms with E-state index in [4.69, 9.17) is 11.6 Å². The number of carbonyl (C=O) groups is 2. The largest absolute Gasteiger partial charge is 0.326 e. The van der Waals surface area contributed by atoms with Gasteiger partial charge in [-0.25, -0.2) is 0 Å². The fraction of sp³-hybridized carbons (Fsp3) is 0.429. The van der Waals surface area contributed by atoms with Crippen LogP contribution in [0.1, 0.15) is 19.8 Å². The van der Waals surface area contributed by atoms with Crippen molar-refractivity contribution in [3.8, 4) is 0 Å². The highest BCUT2D eigenvalue weighted by atomic mass is 35.5. The van der Waals surface area contributed by atoms with Crippen molar-refractivity contribution in [2.75, 3.05) is 22.6 Å². The summed E-state index contributed by atoms with van der Waals surface area (Å²) in [5.74, 6) is 0.823. The molecule has 1 aliphatic heterocycles. The average Bonchev–Trinajstić information content (AvgIpc) is 2.81. The number of hydrogen-bond donors (Lipinski definition) is 1. The number of amides is 2. The molecule has 1 N–H and O–H groups in total. The fourth-order valence-corrected chi connectivity index (χ4v) is 2.32. The Balaban J connectivity index is 2.06. The summed E-state index contributed by atoms with van der Waals surface area (Å²) in [4.78, 5) is 24.9. The van der Waals surface area contributed by atoms with Gasteiger partial charge in [-0.1, -0.05) is 6.92 Å². The highest BCUT2D eigenvalue weighted by Gasteiger charge is 2.29. The van der Waals surface area contributed by atoms with Crippen LogP contribution in [0.25, 0.3) is 0 Å². The third kappa shape index (κ3) is 3.26. The number of nitrogens with zero attached hydrogens (tertiary/aromatic N) is 1. The van der Waals surface area contributed by atoms with Gasteiger partial charge >= 0.3 is 0 Å². The molecule has 102 valence electrons. The molecule has 1 aromatic rings. The zero-order valence-electron chi connectivity index (χ0n) is 10.9. The molecule has 0 aliphatic carbocycles. The lowest BCUT2D eigenvalue weighted by Gasteiger charge is -2.17. The van der Waals surface area contributed by atoms with Gasteiger partial charge in [-0.2, -0.15) is 0 Å². The van der Waals surface area contributed by atoms with Gasteiger partial charge in [0.15, 0.2) is 0 Å². The number of alkyl halides is 1. The molecule has 0 saturated carbocycles. The van der Waals surface area contributed by atoms with Crippen LogP contribution in [-0.2, 0) is 9.59 Å². The maximum absolute atomic E-state index is 11.9. The molecule has 1 heterocycles. The van der Waals surface area contributed by atoms with E-state index in [-0.39, 0.29) is 17.7 Å².